The minimum atomic E-state index is 0.677. The molecule has 0 bridgehead atoms. The molecule has 0 radical (unpaired) electrons. The van der Waals surface area contributed by atoms with Gasteiger partial charge in [0, 0.05) is 33.7 Å². The summed E-state index contributed by atoms with van der Waals surface area (Å²) in [4.78, 5) is 13.4. The van der Waals surface area contributed by atoms with Crippen LogP contribution in [0, 0.1) is 0 Å². The Bertz CT molecular complexity index is 767. The van der Waals surface area contributed by atoms with Gasteiger partial charge in [-0.2, -0.15) is 0 Å². The quantitative estimate of drug-likeness (QED) is 0.726. The average Bonchev–Trinajstić information content (AvgIpc) is 3.06. The minimum absolute atomic E-state index is 0.677. The highest BCUT2D eigenvalue weighted by Crippen LogP contribution is 2.40. The van der Waals surface area contributed by atoms with Gasteiger partial charge in [-0.3, -0.25) is 0 Å². The summed E-state index contributed by atoms with van der Waals surface area (Å²) in [5.74, 6) is 1.71. The maximum atomic E-state index is 5.81. The molecule has 0 unspecified atom stereocenters. The summed E-state index contributed by atoms with van der Waals surface area (Å²) in [5, 5.41) is 0.927. The van der Waals surface area contributed by atoms with Crippen LogP contribution >= 0.6 is 27.3 Å². The highest BCUT2D eigenvalue weighted by Gasteiger charge is 2.21. The molecule has 4 rings (SSSR count). The summed E-state index contributed by atoms with van der Waals surface area (Å²) in [6.45, 7) is 0.677. The molecule has 0 fully saturated rings. The third-order valence-corrected chi connectivity index (χ3v) is 4.80. The van der Waals surface area contributed by atoms with Gasteiger partial charge in [-0.05, 0) is 18.2 Å². The number of benzene rings is 1. The van der Waals surface area contributed by atoms with Crippen molar-refractivity contribution in [1.82, 2.24) is 15.0 Å². The lowest BCUT2D eigenvalue weighted by molar-refractivity contribution is 0.327. The van der Waals surface area contributed by atoms with Crippen LogP contribution in [0.1, 0.15) is 4.88 Å². The fourth-order valence-corrected chi connectivity index (χ4v) is 3.64. The highest BCUT2D eigenvalue weighted by atomic mass is 79.9. The zero-order chi connectivity index (χ0) is 13.5. The molecule has 100 valence electrons. The van der Waals surface area contributed by atoms with Crippen molar-refractivity contribution in [1.29, 1.82) is 0 Å². The summed E-state index contributed by atoms with van der Waals surface area (Å²) in [7, 11) is 0. The Balaban J connectivity index is 1.89. The van der Waals surface area contributed by atoms with Crippen LogP contribution in [0.2, 0.25) is 0 Å². The normalized spacial score (nSPS) is 13.2. The number of hydrogen-bond acceptors (Lipinski definition) is 4. The molecule has 1 aliphatic rings. The number of aromatic nitrogens is 3. The van der Waals surface area contributed by atoms with Crippen molar-refractivity contribution in [2.24, 2.45) is 0 Å². The molecule has 0 amide bonds. The first-order valence-corrected chi connectivity index (χ1v) is 7.84. The van der Waals surface area contributed by atoms with E-state index in [4.69, 9.17) is 9.72 Å². The SMILES string of the molecule is Brc1ccc2c(c1)OCCc1sc(-c3ncc[nH]3)nc1-2. The molecule has 1 N–H and O–H groups in total. The second-order valence-electron chi connectivity index (χ2n) is 4.47. The van der Waals surface area contributed by atoms with Crippen LogP contribution in [-0.2, 0) is 6.42 Å². The second kappa shape index (κ2) is 4.71. The van der Waals surface area contributed by atoms with E-state index in [2.05, 4.69) is 32.0 Å². The van der Waals surface area contributed by atoms with Crippen molar-refractivity contribution in [2.75, 3.05) is 6.61 Å². The van der Waals surface area contributed by atoms with Crippen LogP contribution in [0.5, 0.6) is 5.75 Å². The number of thiazole rings is 1. The van der Waals surface area contributed by atoms with E-state index in [9.17, 15) is 0 Å². The topological polar surface area (TPSA) is 50.8 Å². The molecular formula is C14H10BrN3OS. The van der Waals surface area contributed by atoms with Gasteiger partial charge < -0.3 is 9.72 Å². The number of rotatable bonds is 1. The number of imidazole rings is 1. The third kappa shape index (κ3) is 1.96. The van der Waals surface area contributed by atoms with Gasteiger partial charge in [-0.25, -0.2) is 9.97 Å². The number of halogens is 1. The Hall–Kier alpha value is -1.66. The van der Waals surface area contributed by atoms with Crippen LogP contribution < -0.4 is 4.74 Å². The summed E-state index contributed by atoms with van der Waals surface area (Å²) in [5.41, 5.74) is 2.07. The van der Waals surface area contributed by atoms with Gasteiger partial charge in [0.05, 0.1) is 12.3 Å². The zero-order valence-electron chi connectivity index (χ0n) is 10.4. The molecule has 0 saturated carbocycles. The molecule has 20 heavy (non-hydrogen) atoms. The summed E-state index contributed by atoms with van der Waals surface area (Å²) in [6, 6.07) is 6.06. The first-order valence-electron chi connectivity index (χ1n) is 6.23. The third-order valence-electron chi connectivity index (χ3n) is 3.18. The lowest BCUT2D eigenvalue weighted by atomic mass is 10.1. The molecule has 3 heterocycles. The molecule has 1 aromatic carbocycles. The standard InChI is InChI=1S/C14H10BrN3OS/c15-8-1-2-9-10(7-8)19-6-3-11-12(9)18-14(20-11)13-16-4-5-17-13/h1-2,4-5,7H,3,6H2,(H,16,17). The monoisotopic (exact) mass is 347 g/mol. The van der Waals surface area contributed by atoms with Gasteiger partial charge in [0.1, 0.15) is 5.75 Å². The second-order valence-corrected chi connectivity index (χ2v) is 6.47. The largest absolute Gasteiger partial charge is 0.492 e. The number of ether oxygens (including phenoxy) is 1. The van der Waals surface area contributed by atoms with E-state index in [1.165, 1.54) is 4.88 Å². The molecule has 0 atom stereocenters. The van der Waals surface area contributed by atoms with E-state index in [0.717, 1.165) is 38.7 Å². The van der Waals surface area contributed by atoms with Crippen LogP contribution in [-0.4, -0.2) is 21.6 Å². The maximum absolute atomic E-state index is 5.81. The van der Waals surface area contributed by atoms with Crippen LogP contribution in [0.25, 0.3) is 22.1 Å². The van der Waals surface area contributed by atoms with Crippen molar-refractivity contribution in [3.63, 3.8) is 0 Å². The number of aromatic amines is 1. The van der Waals surface area contributed by atoms with Gasteiger partial charge in [-0.1, -0.05) is 15.9 Å². The highest BCUT2D eigenvalue weighted by molar-refractivity contribution is 9.10. The Kier molecular flexibility index (Phi) is 2.85. The van der Waals surface area contributed by atoms with Gasteiger partial charge in [0.2, 0.25) is 0 Å². The Morgan fingerprint density at radius 3 is 3.15 bits per heavy atom. The predicted molar refractivity (Wildman–Crippen MR) is 82.0 cm³/mol. The number of nitrogens with one attached hydrogen (secondary N) is 1. The molecule has 4 nitrogen and oxygen atoms in total. The average molecular weight is 348 g/mol. The van der Waals surface area contributed by atoms with Gasteiger partial charge in [0.25, 0.3) is 0 Å². The fourth-order valence-electron chi connectivity index (χ4n) is 2.28. The molecular weight excluding hydrogens is 338 g/mol. The number of H-pyrrole nitrogens is 1. The summed E-state index contributed by atoms with van der Waals surface area (Å²) < 4.78 is 6.83. The van der Waals surface area contributed by atoms with E-state index in [1.807, 2.05) is 18.3 Å². The first-order chi connectivity index (χ1) is 9.81. The zero-order valence-corrected chi connectivity index (χ0v) is 12.8. The molecule has 0 spiro atoms. The van der Waals surface area contributed by atoms with Gasteiger partial charge in [0.15, 0.2) is 10.8 Å². The first kappa shape index (κ1) is 12.1. The summed E-state index contributed by atoms with van der Waals surface area (Å²) in [6.07, 6.45) is 4.44. The van der Waals surface area contributed by atoms with E-state index in [0.29, 0.717) is 6.61 Å². The van der Waals surface area contributed by atoms with Crippen LogP contribution in [0.4, 0.5) is 0 Å². The lowest BCUT2D eigenvalue weighted by Crippen LogP contribution is -1.97. The van der Waals surface area contributed by atoms with Crippen molar-refractivity contribution < 1.29 is 4.74 Å². The molecule has 6 heteroatoms. The van der Waals surface area contributed by atoms with Crippen molar-refractivity contribution >= 4 is 27.3 Å². The fraction of sp³-hybridized carbons (Fsp3) is 0.143. The van der Waals surface area contributed by atoms with Crippen molar-refractivity contribution in [2.45, 2.75) is 6.42 Å². The Morgan fingerprint density at radius 1 is 1.35 bits per heavy atom. The smallest absolute Gasteiger partial charge is 0.166 e. The predicted octanol–water partition coefficient (Wildman–Crippen LogP) is 3.90. The van der Waals surface area contributed by atoms with Crippen molar-refractivity contribution in [3.8, 4) is 27.8 Å². The maximum Gasteiger partial charge on any atom is 0.166 e. The van der Waals surface area contributed by atoms with Gasteiger partial charge >= 0.3 is 0 Å². The van der Waals surface area contributed by atoms with E-state index in [1.54, 1.807) is 17.5 Å². The van der Waals surface area contributed by atoms with Crippen LogP contribution in [0.15, 0.2) is 35.1 Å². The van der Waals surface area contributed by atoms with Crippen molar-refractivity contribution in [3.05, 3.63) is 39.9 Å². The number of hydrogen-bond donors (Lipinski definition) is 1. The molecule has 2 aromatic heterocycles. The van der Waals surface area contributed by atoms with Crippen LogP contribution in [0.3, 0.4) is 0 Å². The number of fused-ring (bicyclic) bond motifs is 3. The Labute approximate surface area is 128 Å². The minimum Gasteiger partial charge on any atom is -0.492 e. The summed E-state index contributed by atoms with van der Waals surface area (Å²) >= 11 is 5.16. The van der Waals surface area contributed by atoms with Gasteiger partial charge in [-0.15, -0.1) is 11.3 Å². The Morgan fingerprint density at radius 2 is 2.30 bits per heavy atom. The molecule has 0 aliphatic carbocycles. The molecule has 3 aromatic rings. The van der Waals surface area contributed by atoms with E-state index >= 15 is 0 Å². The molecule has 0 saturated heterocycles. The lowest BCUT2D eigenvalue weighted by Gasteiger charge is -2.06. The number of nitrogens with zero attached hydrogens (tertiary/aromatic N) is 2. The van der Waals surface area contributed by atoms with E-state index in [-0.39, 0.29) is 0 Å². The van der Waals surface area contributed by atoms with E-state index < -0.39 is 0 Å². The molecule has 1 aliphatic heterocycles.